The Morgan fingerprint density at radius 2 is 1.93 bits per heavy atom. The van der Waals surface area contributed by atoms with E-state index in [1.165, 1.54) is 13.4 Å². The Labute approximate surface area is 155 Å². The summed E-state index contributed by atoms with van der Waals surface area (Å²) in [5, 5.41) is 48.8. The van der Waals surface area contributed by atoms with Gasteiger partial charge in [0, 0.05) is 5.92 Å². The second kappa shape index (κ2) is 8.23. The van der Waals surface area contributed by atoms with Gasteiger partial charge in [0.05, 0.1) is 38.1 Å². The molecule has 0 amide bonds. The van der Waals surface area contributed by atoms with Crippen molar-refractivity contribution in [1.82, 2.24) is 0 Å². The molecule has 1 fully saturated rings. The minimum Gasteiger partial charge on any atom is -0.471 e. The second-order valence-corrected chi connectivity index (χ2v) is 6.71. The molecule has 27 heavy (non-hydrogen) atoms. The highest BCUT2D eigenvalue weighted by atomic mass is 16.8. The molecule has 8 atom stereocenters. The maximum absolute atomic E-state index is 12.0. The SMILES string of the molecule is COC(=O)C1=CO[C@@H](O[C@@H]2O[C@H](CO)[C@@H](O)[C@@H](O)[C@@H]2O)[C@@H]2C(CO)=CC[C@H]12. The Morgan fingerprint density at radius 3 is 2.56 bits per heavy atom. The van der Waals surface area contributed by atoms with E-state index in [2.05, 4.69) is 0 Å². The lowest BCUT2D eigenvalue weighted by Gasteiger charge is -2.42. The van der Waals surface area contributed by atoms with Gasteiger partial charge < -0.3 is 44.5 Å². The fraction of sp³-hybridized carbons (Fsp3) is 0.706. The number of hydrogen-bond donors (Lipinski definition) is 5. The summed E-state index contributed by atoms with van der Waals surface area (Å²) in [6.07, 6.45) is -4.73. The van der Waals surface area contributed by atoms with Crippen LogP contribution in [-0.2, 0) is 23.7 Å². The molecule has 10 nitrogen and oxygen atoms in total. The number of aliphatic hydroxyl groups excluding tert-OH is 5. The molecule has 1 saturated heterocycles. The van der Waals surface area contributed by atoms with E-state index >= 15 is 0 Å². The van der Waals surface area contributed by atoms with Crippen molar-refractivity contribution in [3.63, 3.8) is 0 Å². The van der Waals surface area contributed by atoms with E-state index in [0.717, 1.165) is 0 Å². The highest BCUT2D eigenvalue weighted by Gasteiger charge is 2.49. The molecule has 0 radical (unpaired) electrons. The molecule has 2 heterocycles. The first-order valence-electron chi connectivity index (χ1n) is 8.62. The summed E-state index contributed by atoms with van der Waals surface area (Å²) >= 11 is 0. The van der Waals surface area contributed by atoms with Gasteiger partial charge in [-0.15, -0.1) is 0 Å². The van der Waals surface area contributed by atoms with E-state index in [0.29, 0.717) is 17.6 Å². The molecule has 10 heteroatoms. The van der Waals surface area contributed by atoms with Crippen molar-refractivity contribution >= 4 is 5.97 Å². The highest BCUT2D eigenvalue weighted by Crippen LogP contribution is 2.44. The van der Waals surface area contributed by atoms with Crippen LogP contribution >= 0.6 is 0 Å². The van der Waals surface area contributed by atoms with Gasteiger partial charge in [-0.05, 0) is 12.0 Å². The molecular formula is C17H24O10. The lowest BCUT2D eigenvalue weighted by Crippen LogP contribution is -2.60. The van der Waals surface area contributed by atoms with Crippen molar-refractivity contribution in [3.05, 3.63) is 23.5 Å². The van der Waals surface area contributed by atoms with Crippen LogP contribution in [0.2, 0.25) is 0 Å². The molecule has 152 valence electrons. The molecule has 3 rings (SSSR count). The van der Waals surface area contributed by atoms with E-state index in [1.54, 1.807) is 6.08 Å². The van der Waals surface area contributed by atoms with Gasteiger partial charge in [0.15, 0.2) is 6.29 Å². The Bertz CT molecular complexity index is 615. The average Bonchev–Trinajstić information content (AvgIpc) is 3.12. The summed E-state index contributed by atoms with van der Waals surface area (Å²) in [7, 11) is 1.25. The summed E-state index contributed by atoms with van der Waals surface area (Å²) in [5.41, 5.74) is 0.903. The first-order chi connectivity index (χ1) is 12.9. The van der Waals surface area contributed by atoms with E-state index in [9.17, 15) is 30.3 Å². The van der Waals surface area contributed by atoms with Crippen LogP contribution in [-0.4, -0.2) is 88.8 Å². The van der Waals surface area contributed by atoms with Gasteiger partial charge in [0.2, 0.25) is 6.29 Å². The largest absolute Gasteiger partial charge is 0.471 e. The monoisotopic (exact) mass is 388 g/mol. The lowest BCUT2D eigenvalue weighted by molar-refractivity contribution is -0.339. The van der Waals surface area contributed by atoms with Gasteiger partial charge in [-0.2, -0.15) is 0 Å². The van der Waals surface area contributed by atoms with Crippen LogP contribution in [0.15, 0.2) is 23.5 Å². The van der Waals surface area contributed by atoms with E-state index in [-0.39, 0.29) is 12.5 Å². The second-order valence-electron chi connectivity index (χ2n) is 6.71. The number of carbonyl (C=O) groups excluding carboxylic acids is 1. The van der Waals surface area contributed by atoms with Crippen molar-refractivity contribution in [2.24, 2.45) is 11.8 Å². The number of ether oxygens (including phenoxy) is 4. The molecule has 1 aliphatic carbocycles. The zero-order valence-corrected chi connectivity index (χ0v) is 14.7. The summed E-state index contributed by atoms with van der Waals surface area (Å²) in [4.78, 5) is 12.0. The first-order valence-corrected chi connectivity index (χ1v) is 8.62. The van der Waals surface area contributed by atoms with Crippen LogP contribution in [0.4, 0.5) is 0 Å². The Morgan fingerprint density at radius 1 is 1.19 bits per heavy atom. The number of aliphatic hydroxyl groups is 5. The predicted molar refractivity (Wildman–Crippen MR) is 86.6 cm³/mol. The minimum atomic E-state index is -1.59. The van der Waals surface area contributed by atoms with Crippen molar-refractivity contribution < 1.29 is 49.3 Å². The van der Waals surface area contributed by atoms with Gasteiger partial charge in [-0.25, -0.2) is 4.79 Å². The third-order valence-corrected chi connectivity index (χ3v) is 5.24. The van der Waals surface area contributed by atoms with Crippen molar-refractivity contribution in [3.8, 4) is 0 Å². The molecule has 0 saturated carbocycles. The van der Waals surface area contributed by atoms with Crippen LogP contribution in [0, 0.1) is 11.8 Å². The number of hydrogen-bond acceptors (Lipinski definition) is 10. The lowest BCUT2D eigenvalue weighted by atomic mass is 9.83. The number of esters is 1. The minimum absolute atomic E-state index is 0.270. The van der Waals surface area contributed by atoms with Crippen LogP contribution in [0.25, 0.3) is 0 Å². The molecule has 0 spiro atoms. The summed E-state index contributed by atoms with van der Waals surface area (Å²) in [6.45, 7) is -0.857. The topological polar surface area (TPSA) is 155 Å². The maximum atomic E-state index is 12.0. The van der Waals surface area contributed by atoms with Gasteiger partial charge in [0.25, 0.3) is 0 Å². The molecule has 0 aromatic heterocycles. The Kier molecular flexibility index (Phi) is 6.16. The highest BCUT2D eigenvalue weighted by molar-refractivity contribution is 5.89. The number of fused-ring (bicyclic) bond motifs is 1. The fourth-order valence-electron chi connectivity index (χ4n) is 3.73. The molecule has 0 aromatic carbocycles. The summed E-state index contributed by atoms with van der Waals surface area (Å²) in [5.74, 6) is -1.42. The maximum Gasteiger partial charge on any atom is 0.337 e. The number of rotatable bonds is 5. The smallest absolute Gasteiger partial charge is 0.337 e. The van der Waals surface area contributed by atoms with Crippen LogP contribution in [0.1, 0.15) is 6.42 Å². The van der Waals surface area contributed by atoms with E-state index in [4.69, 9.17) is 18.9 Å². The number of methoxy groups -OCH3 is 1. The average molecular weight is 388 g/mol. The van der Waals surface area contributed by atoms with Crippen molar-refractivity contribution in [1.29, 1.82) is 0 Å². The quantitative estimate of drug-likeness (QED) is 0.258. The Hall–Kier alpha value is -1.53. The number of carbonyl (C=O) groups is 1. The standard InChI is InChI=1S/C17H24O10/c1-24-15(23)9-6-25-16(11-7(4-18)2-3-8(9)11)27-17-14(22)13(21)12(20)10(5-19)26-17/h2,6,8,10-14,16-22H,3-5H2,1H3/t8-,10-,11-,12-,13-,14+,16+,17+/m1/s1. The number of allylic oxidation sites excluding steroid dienone is 1. The predicted octanol–water partition coefficient (Wildman–Crippen LogP) is -2.23. The normalized spacial score (nSPS) is 41.3. The Balaban J connectivity index is 1.80. The molecule has 3 aliphatic rings. The van der Waals surface area contributed by atoms with Gasteiger partial charge in [-0.3, -0.25) is 0 Å². The van der Waals surface area contributed by atoms with Crippen molar-refractivity contribution in [2.75, 3.05) is 20.3 Å². The molecule has 0 aromatic rings. The van der Waals surface area contributed by atoms with E-state index < -0.39 is 55.5 Å². The van der Waals surface area contributed by atoms with Gasteiger partial charge in [0.1, 0.15) is 24.4 Å². The van der Waals surface area contributed by atoms with E-state index in [1.807, 2.05) is 0 Å². The molecule has 2 aliphatic heterocycles. The molecular weight excluding hydrogens is 364 g/mol. The first kappa shape index (κ1) is 20.2. The van der Waals surface area contributed by atoms with Gasteiger partial charge >= 0.3 is 5.97 Å². The molecule has 0 unspecified atom stereocenters. The molecule has 0 bridgehead atoms. The van der Waals surface area contributed by atoms with Crippen LogP contribution < -0.4 is 0 Å². The zero-order valence-electron chi connectivity index (χ0n) is 14.7. The van der Waals surface area contributed by atoms with Crippen molar-refractivity contribution in [2.45, 2.75) is 43.4 Å². The summed E-state index contributed by atoms with van der Waals surface area (Å²) in [6, 6.07) is 0. The zero-order chi connectivity index (χ0) is 19.7. The third kappa shape index (κ3) is 3.61. The summed E-state index contributed by atoms with van der Waals surface area (Å²) < 4.78 is 21.3. The van der Waals surface area contributed by atoms with Crippen LogP contribution in [0.5, 0.6) is 0 Å². The van der Waals surface area contributed by atoms with Gasteiger partial charge in [-0.1, -0.05) is 6.08 Å². The molecule has 5 N–H and O–H groups in total. The third-order valence-electron chi connectivity index (χ3n) is 5.24. The van der Waals surface area contributed by atoms with Crippen LogP contribution in [0.3, 0.4) is 0 Å². The fourth-order valence-corrected chi connectivity index (χ4v) is 3.73.